The van der Waals surface area contributed by atoms with Gasteiger partial charge in [0.05, 0.1) is 7.11 Å². The SMILES string of the molecule is COc1cc(C)c(CCCl)cc1C. The molecule has 0 N–H and O–H groups in total. The van der Waals surface area contributed by atoms with Crippen LogP contribution in [-0.4, -0.2) is 13.0 Å². The Hall–Kier alpha value is -0.690. The van der Waals surface area contributed by atoms with E-state index in [1.54, 1.807) is 7.11 Å². The van der Waals surface area contributed by atoms with Crippen LogP contribution in [0.25, 0.3) is 0 Å². The molecule has 2 heteroatoms. The Morgan fingerprint density at radius 1 is 1.23 bits per heavy atom. The van der Waals surface area contributed by atoms with Crippen LogP contribution in [0, 0.1) is 13.8 Å². The summed E-state index contributed by atoms with van der Waals surface area (Å²) in [5, 5.41) is 0. The van der Waals surface area contributed by atoms with Gasteiger partial charge < -0.3 is 4.74 Å². The molecule has 1 rings (SSSR count). The maximum absolute atomic E-state index is 5.70. The Morgan fingerprint density at radius 2 is 1.92 bits per heavy atom. The normalized spacial score (nSPS) is 10.2. The zero-order valence-corrected chi connectivity index (χ0v) is 9.11. The van der Waals surface area contributed by atoms with E-state index in [1.165, 1.54) is 16.7 Å². The molecule has 0 aromatic heterocycles. The van der Waals surface area contributed by atoms with E-state index in [0.717, 1.165) is 12.2 Å². The minimum absolute atomic E-state index is 0.673. The molecule has 0 radical (unpaired) electrons. The van der Waals surface area contributed by atoms with Gasteiger partial charge in [-0.15, -0.1) is 11.6 Å². The molecule has 72 valence electrons. The topological polar surface area (TPSA) is 9.23 Å². The van der Waals surface area contributed by atoms with E-state index in [9.17, 15) is 0 Å². The summed E-state index contributed by atoms with van der Waals surface area (Å²) in [6, 6.07) is 4.22. The standard InChI is InChI=1S/C11H15ClO/c1-8-7-11(13-3)9(2)6-10(8)4-5-12/h6-7H,4-5H2,1-3H3. The predicted molar refractivity (Wildman–Crippen MR) is 56.9 cm³/mol. The molecule has 1 aromatic carbocycles. The third kappa shape index (κ3) is 2.38. The van der Waals surface area contributed by atoms with E-state index < -0.39 is 0 Å². The molecule has 0 amide bonds. The summed E-state index contributed by atoms with van der Waals surface area (Å²) in [5.41, 5.74) is 3.74. The Kier molecular flexibility index (Phi) is 3.61. The van der Waals surface area contributed by atoms with Crippen LogP contribution in [0.1, 0.15) is 16.7 Å². The summed E-state index contributed by atoms with van der Waals surface area (Å²) < 4.78 is 5.23. The van der Waals surface area contributed by atoms with Crippen LogP contribution < -0.4 is 4.74 Å². The van der Waals surface area contributed by atoms with E-state index >= 15 is 0 Å². The molecule has 13 heavy (non-hydrogen) atoms. The van der Waals surface area contributed by atoms with Crippen LogP contribution in [-0.2, 0) is 6.42 Å². The van der Waals surface area contributed by atoms with Gasteiger partial charge in [-0.1, -0.05) is 6.07 Å². The maximum Gasteiger partial charge on any atom is 0.122 e. The molecule has 0 saturated heterocycles. The van der Waals surface area contributed by atoms with Crippen molar-refractivity contribution in [2.24, 2.45) is 0 Å². The van der Waals surface area contributed by atoms with Crippen molar-refractivity contribution < 1.29 is 4.74 Å². The molecule has 1 aromatic rings. The van der Waals surface area contributed by atoms with Crippen molar-refractivity contribution in [2.45, 2.75) is 20.3 Å². The maximum atomic E-state index is 5.70. The molecule has 0 aliphatic carbocycles. The Labute approximate surface area is 84.7 Å². The highest BCUT2D eigenvalue weighted by Gasteiger charge is 2.03. The number of ether oxygens (including phenoxy) is 1. The summed E-state index contributed by atoms with van der Waals surface area (Å²) >= 11 is 5.70. The van der Waals surface area contributed by atoms with Gasteiger partial charge in [0.25, 0.3) is 0 Å². The smallest absolute Gasteiger partial charge is 0.122 e. The molecule has 0 aliphatic rings. The summed E-state index contributed by atoms with van der Waals surface area (Å²) in [5.74, 6) is 1.63. The second kappa shape index (κ2) is 4.52. The van der Waals surface area contributed by atoms with Crippen molar-refractivity contribution in [2.75, 3.05) is 13.0 Å². The van der Waals surface area contributed by atoms with Crippen molar-refractivity contribution in [1.82, 2.24) is 0 Å². The van der Waals surface area contributed by atoms with Gasteiger partial charge in [-0.05, 0) is 43.0 Å². The van der Waals surface area contributed by atoms with Gasteiger partial charge >= 0.3 is 0 Å². The van der Waals surface area contributed by atoms with Gasteiger partial charge in [-0.2, -0.15) is 0 Å². The zero-order valence-electron chi connectivity index (χ0n) is 8.36. The van der Waals surface area contributed by atoms with Crippen LogP contribution in [0.4, 0.5) is 0 Å². The fourth-order valence-corrected chi connectivity index (χ4v) is 1.64. The van der Waals surface area contributed by atoms with E-state index in [2.05, 4.69) is 26.0 Å². The fraction of sp³-hybridized carbons (Fsp3) is 0.455. The highest BCUT2D eigenvalue weighted by molar-refractivity contribution is 6.18. The number of benzene rings is 1. The minimum Gasteiger partial charge on any atom is -0.496 e. The number of aryl methyl sites for hydroxylation is 3. The highest BCUT2D eigenvalue weighted by atomic mass is 35.5. The number of halogens is 1. The number of hydrogen-bond donors (Lipinski definition) is 0. The van der Waals surface area contributed by atoms with Crippen molar-refractivity contribution in [3.63, 3.8) is 0 Å². The first-order valence-electron chi connectivity index (χ1n) is 4.39. The molecule has 0 unspecified atom stereocenters. The van der Waals surface area contributed by atoms with Crippen LogP contribution in [0.15, 0.2) is 12.1 Å². The average molecular weight is 199 g/mol. The predicted octanol–water partition coefficient (Wildman–Crippen LogP) is 3.09. The van der Waals surface area contributed by atoms with Gasteiger partial charge in [0.2, 0.25) is 0 Å². The number of rotatable bonds is 3. The van der Waals surface area contributed by atoms with E-state index in [1.807, 2.05) is 0 Å². The van der Waals surface area contributed by atoms with Crippen molar-refractivity contribution >= 4 is 11.6 Å². The fourth-order valence-electron chi connectivity index (χ4n) is 1.44. The summed E-state index contributed by atoms with van der Waals surface area (Å²) in [4.78, 5) is 0. The van der Waals surface area contributed by atoms with Crippen LogP contribution in [0.5, 0.6) is 5.75 Å². The van der Waals surface area contributed by atoms with E-state index in [4.69, 9.17) is 16.3 Å². The number of alkyl halides is 1. The van der Waals surface area contributed by atoms with E-state index in [-0.39, 0.29) is 0 Å². The van der Waals surface area contributed by atoms with Gasteiger partial charge in [0.1, 0.15) is 5.75 Å². The lowest BCUT2D eigenvalue weighted by molar-refractivity contribution is 0.411. The monoisotopic (exact) mass is 198 g/mol. The van der Waals surface area contributed by atoms with Crippen LogP contribution >= 0.6 is 11.6 Å². The largest absolute Gasteiger partial charge is 0.496 e. The number of hydrogen-bond acceptors (Lipinski definition) is 1. The zero-order chi connectivity index (χ0) is 9.84. The summed E-state index contributed by atoms with van der Waals surface area (Å²) in [6.07, 6.45) is 0.929. The summed E-state index contributed by atoms with van der Waals surface area (Å²) in [6.45, 7) is 4.14. The van der Waals surface area contributed by atoms with Gasteiger partial charge in [-0.25, -0.2) is 0 Å². The Bertz CT molecular complexity index is 294. The van der Waals surface area contributed by atoms with E-state index in [0.29, 0.717) is 5.88 Å². The van der Waals surface area contributed by atoms with Gasteiger partial charge in [0, 0.05) is 5.88 Å². The average Bonchev–Trinajstić information content (AvgIpc) is 2.11. The van der Waals surface area contributed by atoms with Crippen molar-refractivity contribution in [3.05, 3.63) is 28.8 Å². The molecule has 0 atom stereocenters. The molecule has 0 heterocycles. The third-order valence-electron chi connectivity index (χ3n) is 2.22. The van der Waals surface area contributed by atoms with Crippen LogP contribution in [0.3, 0.4) is 0 Å². The quantitative estimate of drug-likeness (QED) is 0.679. The van der Waals surface area contributed by atoms with Crippen molar-refractivity contribution in [3.8, 4) is 5.75 Å². The first-order chi connectivity index (χ1) is 6.19. The van der Waals surface area contributed by atoms with Gasteiger partial charge in [0.15, 0.2) is 0 Å². The Balaban J connectivity index is 3.05. The lowest BCUT2D eigenvalue weighted by atomic mass is 10.0. The third-order valence-corrected chi connectivity index (χ3v) is 2.41. The number of methoxy groups -OCH3 is 1. The first kappa shape index (κ1) is 10.4. The summed E-state index contributed by atoms with van der Waals surface area (Å²) in [7, 11) is 1.70. The van der Waals surface area contributed by atoms with Crippen LogP contribution in [0.2, 0.25) is 0 Å². The lowest BCUT2D eigenvalue weighted by Crippen LogP contribution is -1.95. The molecule has 0 aliphatic heterocycles. The molecule has 0 bridgehead atoms. The van der Waals surface area contributed by atoms with Crippen molar-refractivity contribution in [1.29, 1.82) is 0 Å². The molecule has 1 nitrogen and oxygen atoms in total. The highest BCUT2D eigenvalue weighted by Crippen LogP contribution is 2.22. The second-order valence-corrected chi connectivity index (χ2v) is 3.57. The van der Waals surface area contributed by atoms with Gasteiger partial charge in [-0.3, -0.25) is 0 Å². The molecule has 0 fully saturated rings. The minimum atomic E-state index is 0.673. The Morgan fingerprint density at radius 3 is 2.46 bits per heavy atom. The molecule has 0 spiro atoms. The molecular formula is C11H15ClO. The second-order valence-electron chi connectivity index (χ2n) is 3.19. The first-order valence-corrected chi connectivity index (χ1v) is 4.92. The molecular weight excluding hydrogens is 184 g/mol. The lowest BCUT2D eigenvalue weighted by Gasteiger charge is -2.09. The molecule has 0 saturated carbocycles.